The molecule has 0 radical (unpaired) electrons. The van der Waals surface area contributed by atoms with Gasteiger partial charge in [0.05, 0.1) is 5.69 Å². The van der Waals surface area contributed by atoms with Crippen molar-refractivity contribution in [1.29, 1.82) is 0 Å². The van der Waals surface area contributed by atoms with E-state index in [0.717, 1.165) is 5.56 Å². The average molecular weight is 288 g/mol. The molecule has 21 heavy (non-hydrogen) atoms. The first-order valence-electron chi connectivity index (χ1n) is 6.84. The molecule has 2 aromatic rings. The van der Waals surface area contributed by atoms with E-state index in [1.54, 1.807) is 0 Å². The Morgan fingerprint density at radius 3 is 2.86 bits per heavy atom. The van der Waals surface area contributed by atoms with E-state index in [1.165, 1.54) is 6.07 Å². The van der Waals surface area contributed by atoms with E-state index >= 15 is 0 Å². The number of fused-ring (bicyclic) bond motifs is 1. The molecule has 3 rings (SSSR count). The fourth-order valence-corrected chi connectivity index (χ4v) is 2.13. The summed E-state index contributed by atoms with van der Waals surface area (Å²) in [5, 5.41) is 0. The maximum Gasteiger partial charge on any atom is 0.251 e. The maximum atomic E-state index is 11.7. The lowest BCUT2D eigenvalue weighted by molar-refractivity contribution is 0.128. The number of aromatic nitrogens is 2. The molecular formula is C15H16N2O4. The van der Waals surface area contributed by atoms with E-state index in [-0.39, 0.29) is 12.2 Å². The van der Waals surface area contributed by atoms with E-state index in [2.05, 4.69) is 9.97 Å². The van der Waals surface area contributed by atoms with Crippen LogP contribution in [0.1, 0.15) is 12.7 Å². The van der Waals surface area contributed by atoms with Gasteiger partial charge in [0.15, 0.2) is 11.5 Å². The number of ether oxygens (including phenoxy) is 3. The predicted octanol–water partition coefficient (Wildman–Crippen LogP) is 1.74. The Labute approximate surface area is 121 Å². The fraction of sp³-hybridized carbons (Fsp3) is 0.333. The zero-order chi connectivity index (χ0) is 14.7. The maximum absolute atomic E-state index is 11.7. The first-order chi connectivity index (χ1) is 10.3. The van der Waals surface area contributed by atoms with E-state index in [0.29, 0.717) is 42.8 Å². The summed E-state index contributed by atoms with van der Waals surface area (Å²) in [4.78, 5) is 18.8. The van der Waals surface area contributed by atoms with Crippen molar-refractivity contribution in [3.8, 4) is 22.8 Å². The first kappa shape index (κ1) is 13.6. The highest BCUT2D eigenvalue weighted by Crippen LogP contribution is 2.33. The summed E-state index contributed by atoms with van der Waals surface area (Å²) in [6.07, 6.45) is 0. The number of aromatic amines is 1. The fourth-order valence-electron chi connectivity index (χ4n) is 2.13. The molecule has 1 aromatic heterocycles. The lowest BCUT2D eigenvalue weighted by atomic mass is 10.1. The van der Waals surface area contributed by atoms with Crippen LogP contribution < -0.4 is 15.0 Å². The Bertz CT molecular complexity index is 696. The second kappa shape index (κ2) is 5.97. The molecule has 1 aliphatic rings. The molecule has 1 N–H and O–H groups in total. The van der Waals surface area contributed by atoms with E-state index in [9.17, 15) is 4.79 Å². The molecule has 1 aromatic carbocycles. The van der Waals surface area contributed by atoms with E-state index in [1.807, 2.05) is 25.1 Å². The van der Waals surface area contributed by atoms with Crippen molar-refractivity contribution in [3.05, 3.63) is 40.4 Å². The summed E-state index contributed by atoms with van der Waals surface area (Å²) in [5.41, 5.74) is 1.19. The summed E-state index contributed by atoms with van der Waals surface area (Å²) in [6, 6.07) is 6.98. The van der Waals surface area contributed by atoms with Gasteiger partial charge in [0.1, 0.15) is 25.6 Å². The number of benzene rings is 1. The number of rotatable bonds is 4. The summed E-state index contributed by atoms with van der Waals surface area (Å²) in [6.45, 7) is 3.81. The average Bonchev–Trinajstić information content (AvgIpc) is 2.52. The van der Waals surface area contributed by atoms with Crippen LogP contribution in [0.25, 0.3) is 11.3 Å². The smallest absolute Gasteiger partial charge is 0.251 e. The van der Waals surface area contributed by atoms with Crippen LogP contribution >= 0.6 is 0 Å². The quantitative estimate of drug-likeness (QED) is 0.927. The highest BCUT2D eigenvalue weighted by atomic mass is 16.6. The van der Waals surface area contributed by atoms with Crippen LogP contribution in [-0.2, 0) is 11.3 Å². The highest BCUT2D eigenvalue weighted by Gasteiger charge is 2.13. The molecule has 0 bridgehead atoms. The van der Waals surface area contributed by atoms with Crippen LogP contribution in [0.4, 0.5) is 0 Å². The molecule has 0 saturated carbocycles. The van der Waals surface area contributed by atoms with Gasteiger partial charge < -0.3 is 19.2 Å². The lowest BCUT2D eigenvalue weighted by Crippen LogP contribution is -2.15. The molecule has 110 valence electrons. The van der Waals surface area contributed by atoms with Gasteiger partial charge in [-0.25, -0.2) is 4.98 Å². The highest BCUT2D eigenvalue weighted by molar-refractivity contribution is 5.63. The molecule has 0 spiro atoms. The number of nitrogens with zero attached hydrogens (tertiary/aromatic N) is 1. The molecule has 0 aliphatic carbocycles. The third kappa shape index (κ3) is 3.05. The molecule has 0 fully saturated rings. The second-order valence-corrected chi connectivity index (χ2v) is 4.57. The third-order valence-electron chi connectivity index (χ3n) is 3.07. The van der Waals surface area contributed by atoms with Crippen LogP contribution in [0.3, 0.4) is 0 Å². The van der Waals surface area contributed by atoms with Crippen molar-refractivity contribution >= 4 is 0 Å². The molecule has 1 aliphatic heterocycles. The van der Waals surface area contributed by atoms with Crippen LogP contribution in [0.5, 0.6) is 11.5 Å². The zero-order valence-electron chi connectivity index (χ0n) is 11.7. The predicted molar refractivity (Wildman–Crippen MR) is 76.6 cm³/mol. The standard InChI is InChI=1S/C15H16N2O4/c1-2-19-9-14-16-11(8-15(18)17-14)10-3-4-12-13(7-10)21-6-5-20-12/h3-4,7-8H,2,5-6,9H2,1H3,(H,16,17,18). The molecular weight excluding hydrogens is 272 g/mol. The number of H-pyrrole nitrogens is 1. The molecule has 0 saturated heterocycles. The molecule has 0 unspecified atom stereocenters. The van der Waals surface area contributed by atoms with Crippen molar-refractivity contribution in [2.24, 2.45) is 0 Å². The third-order valence-corrected chi connectivity index (χ3v) is 3.07. The van der Waals surface area contributed by atoms with Gasteiger partial charge in [0.2, 0.25) is 0 Å². The van der Waals surface area contributed by atoms with Crippen LogP contribution in [0, 0.1) is 0 Å². The largest absolute Gasteiger partial charge is 0.486 e. The molecule has 6 heteroatoms. The number of nitrogens with one attached hydrogen (secondary N) is 1. The van der Waals surface area contributed by atoms with Gasteiger partial charge in [-0.05, 0) is 25.1 Å². The Hall–Kier alpha value is -2.34. The summed E-state index contributed by atoms with van der Waals surface area (Å²) in [5.74, 6) is 1.89. The Morgan fingerprint density at radius 1 is 1.24 bits per heavy atom. The number of hydrogen-bond acceptors (Lipinski definition) is 5. The summed E-state index contributed by atoms with van der Waals surface area (Å²) in [7, 11) is 0. The summed E-state index contributed by atoms with van der Waals surface area (Å²) >= 11 is 0. The van der Waals surface area contributed by atoms with Crippen molar-refractivity contribution in [2.45, 2.75) is 13.5 Å². The van der Waals surface area contributed by atoms with Crippen molar-refractivity contribution in [3.63, 3.8) is 0 Å². The second-order valence-electron chi connectivity index (χ2n) is 4.57. The van der Waals surface area contributed by atoms with Gasteiger partial charge in [0.25, 0.3) is 5.56 Å². The van der Waals surface area contributed by atoms with Crippen molar-refractivity contribution < 1.29 is 14.2 Å². The SMILES string of the molecule is CCOCc1nc(-c2ccc3c(c2)OCCO3)cc(=O)[nH]1. The normalized spacial score (nSPS) is 13.2. The molecule has 2 heterocycles. The Kier molecular flexibility index (Phi) is 3.87. The van der Waals surface area contributed by atoms with Crippen LogP contribution in [0.2, 0.25) is 0 Å². The summed E-state index contributed by atoms with van der Waals surface area (Å²) < 4.78 is 16.3. The minimum atomic E-state index is -0.204. The van der Waals surface area contributed by atoms with E-state index < -0.39 is 0 Å². The van der Waals surface area contributed by atoms with Gasteiger partial charge in [-0.15, -0.1) is 0 Å². The first-order valence-corrected chi connectivity index (χ1v) is 6.84. The van der Waals surface area contributed by atoms with Crippen molar-refractivity contribution in [1.82, 2.24) is 9.97 Å². The zero-order valence-corrected chi connectivity index (χ0v) is 11.7. The van der Waals surface area contributed by atoms with Crippen molar-refractivity contribution in [2.75, 3.05) is 19.8 Å². The minimum absolute atomic E-state index is 0.204. The van der Waals surface area contributed by atoms with Gasteiger partial charge in [-0.1, -0.05) is 0 Å². The topological polar surface area (TPSA) is 73.4 Å². The van der Waals surface area contributed by atoms with Gasteiger partial charge in [0, 0.05) is 18.2 Å². The lowest BCUT2D eigenvalue weighted by Gasteiger charge is -2.18. The van der Waals surface area contributed by atoms with Crippen LogP contribution in [0.15, 0.2) is 29.1 Å². The Morgan fingerprint density at radius 2 is 2.05 bits per heavy atom. The monoisotopic (exact) mass is 288 g/mol. The molecule has 0 amide bonds. The Balaban J connectivity index is 1.96. The number of hydrogen-bond donors (Lipinski definition) is 1. The van der Waals surface area contributed by atoms with Gasteiger partial charge >= 0.3 is 0 Å². The minimum Gasteiger partial charge on any atom is -0.486 e. The van der Waals surface area contributed by atoms with Gasteiger partial charge in [-0.2, -0.15) is 0 Å². The van der Waals surface area contributed by atoms with Crippen LogP contribution in [-0.4, -0.2) is 29.8 Å². The molecule has 6 nitrogen and oxygen atoms in total. The molecule has 0 atom stereocenters. The van der Waals surface area contributed by atoms with E-state index in [4.69, 9.17) is 14.2 Å². The van der Waals surface area contributed by atoms with Gasteiger partial charge in [-0.3, -0.25) is 4.79 Å².